The molecule has 0 radical (unpaired) electrons. The summed E-state index contributed by atoms with van der Waals surface area (Å²) in [5.41, 5.74) is 0. The van der Waals surface area contributed by atoms with Gasteiger partial charge in [0.1, 0.15) is 0 Å². The summed E-state index contributed by atoms with van der Waals surface area (Å²) in [6, 6.07) is 0.657. The maximum absolute atomic E-state index is 3.17. The van der Waals surface area contributed by atoms with Crippen LogP contribution in [0, 0.1) is 0 Å². The molecule has 0 heterocycles. The lowest BCUT2D eigenvalue weighted by atomic mass is 10.3. The second-order valence-corrected chi connectivity index (χ2v) is 2.89. The molecule has 0 saturated carbocycles. The van der Waals surface area contributed by atoms with Crippen molar-refractivity contribution in [3.8, 4) is 0 Å². The monoisotopic (exact) mass is 144 g/mol. The van der Waals surface area contributed by atoms with Crippen molar-refractivity contribution in [1.82, 2.24) is 10.2 Å². The van der Waals surface area contributed by atoms with Crippen molar-refractivity contribution >= 4 is 0 Å². The van der Waals surface area contributed by atoms with Gasteiger partial charge in [-0.2, -0.15) is 0 Å². The van der Waals surface area contributed by atoms with E-state index in [2.05, 4.69) is 31.1 Å². The fourth-order valence-corrected chi connectivity index (χ4v) is 1.02. The van der Waals surface area contributed by atoms with Gasteiger partial charge in [-0.25, -0.2) is 0 Å². The number of nitrogens with one attached hydrogen (secondary N) is 1. The van der Waals surface area contributed by atoms with Crippen molar-refractivity contribution < 1.29 is 0 Å². The first-order valence-corrected chi connectivity index (χ1v) is 4.07. The van der Waals surface area contributed by atoms with E-state index in [-0.39, 0.29) is 0 Å². The topological polar surface area (TPSA) is 15.3 Å². The summed E-state index contributed by atoms with van der Waals surface area (Å²) in [6.07, 6.45) is 1.24. The molecule has 1 unspecified atom stereocenters. The van der Waals surface area contributed by atoms with Crippen LogP contribution in [0.1, 0.15) is 20.3 Å². The van der Waals surface area contributed by atoms with E-state index < -0.39 is 0 Å². The molecule has 0 aliphatic rings. The number of nitrogens with zero attached hydrogens (tertiary/aromatic N) is 1. The minimum absolute atomic E-state index is 0.657. The Hall–Kier alpha value is -0.0800. The molecular weight excluding hydrogens is 124 g/mol. The summed E-state index contributed by atoms with van der Waals surface area (Å²) in [4.78, 5) is 2.37. The SMILES string of the molecule is CCCN(C)C(C)CNC. The minimum Gasteiger partial charge on any atom is -0.318 e. The van der Waals surface area contributed by atoms with Crippen molar-refractivity contribution in [2.45, 2.75) is 26.3 Å². The van der Waals surface area contributed by atoms with Crippen LogP contribution >= 0.6 is 0 Å². The molecule has 1 N–H and O–H groups in total. The largest absolute Gasteiger partial charge is 0.318 e. The Morgan fingerprint density at radius 1 is 1.50 bits per heavy atom. The van der Waals surface area contributed by atoms with Crippen molar-refractivity contribution in [3.05, 3.63) is 0 Å². The first-order valence-electron chi connectivity index (χ1n) is 4.07. The Morgan fingerprint density at radius 2 is 2.10 bits per heavy atom. The normalized spacial score (nSPS) is 14.1. The van der Waals surface area contributed by atoms with Crippen molar-refractivity contribution in [3.63, 3.8) is 0 Å². The average molecular weight is 144 g/mol. The van der Waals surface area contributed by atoms with Gasteiger partial charge >= 0.3 is 0 Å². The fraction of sp³-hybridized carbons (Fsp3) is 1.00. The highest BCUT2D eigenvalue weighted by Gasteiger charge is 2.04. The molecule has 0 fully saturated rings. The Labute approximate surface area is 64.6 Å². The van der Waals surface area contributed by atoms with Crippen LogP contribution in [0.15, 0.2) is 0 Å². The van der Waals surface area contributed by atoms with Gasteiger partial charge in [0.2, 0.25) is 0 Å². The Bertz CT molecular complexity index is 63.7. The number of rotatable bonds is 5. The molecule has 0 amide bonds. The van der Waals surface area contributed by atoms with Gasteiger partial charge < -0.3 is 10.2 Å². The van der Waals surface area contributed by atoms with E-state index in [0.717, 1.165) is 6.54 Å². The lowest BCUT2D eigenvalue weighted by molar-refractivity contribution is 0.255. The smallest absolute Gasteiger partial charge is 0.0189 e. The molecule has 2 nitrogen and oxygen atoms in total. The van der Waals surface area contributed by atoms with Gasteiger partial charge in [0, 0.05) is 12.6 Å². The van der Waals surface area contributed by atoms with E-state index in [4.69, 9.17) is 0 Å². The van der Waals surface area contributed by atoms with Gasteiger partial charge in [-0.3, -0.25) is 0 Å². The molecule has 10 heavy (non-hydrogen) atoms. The first kappa shape index (κ1) is 9.92. The highest BCUT2D eigenvalue weighted by molar-refractivity contribution is 4.63. The van der Waals surface area contributed by atoms with Crippen LogP contribution in [0.3, 0.4) is 0 Å². The predicted octanol–water partition coefficient (Wildman–Crippen LogP) is 0.936. The third-order valence-corrected chi connectivity index (χ3v) is 1.83. The summed E-state index contributed by atoms with van der Waals surface area (Å²) in [6.45, 7) is 6.73. The lowest BCUT2D eigenvalue weighted by Crippen LogP contribution is -2.36. The molecule has 1 atom stereocenters. The van der Waals surface area contributed by atoms with Crippen molar-refractivity contribution in [2.24, 2.45) is 0 Å². The van der Waals surface area contributed by atoms with E-state index in [9.17, 15) is 0 Å². The number of hydrogen-bond acceptors (Lipinski definition) is 2. The Morgan fingerprint density at radius 3 is 2.50 bits per heavy atom. The van der Waals surface area contributed by atoms with E-state index >= 15 is 0 Å². The third-order valence-electron chi connectivity index (χ3n) is 1.83. The van der Waals surface area contributed by atoms with E-state index in [1.54, 1.807) is 0 Å². The molecule has 0 bridgehead atoms. The maximum Gasteiger partial charge on any atom is 0.0189 e. The molecule has 0 aromatic carbocycles. The summed E-state index contributed by atoms with van der Waals surface area (Å²) in [5.74, 6) is 0. The van der Waals surface area contributed by atoms with Gasteiger partial charge in [-0.05, 0) is 34.0 Å². The quantitative estimate of drug-likeness (QED) is 0.617. The molecule has 2 heteroatoms. The second-order valence-electron chi connectivity index (χ2n) is 2.89. The zero-order valence-corrected chi connectivity index (χ0v) is 7.65. The van der Waals surface area contributed by atoms with E-state index in [1.165, 1.54) is 13.0 Å². The number of hydrogen-bond donors (Lipinski definition) is 1. The molecule has 0 spiro atoms. The van der Waals surface area contributed by atoms with Crippen LogP contribution in [-0.4, -0.2) is 38.1 Å². The zero-order chi connectivity index (χ0) is 7.98. The molecule has 0 aromatic rings. The molecule has 0 aliphatic heterocycles. The molecular formula is C8H20N2. The minimum atomic E-state index is 0.657. The third kappa shape index (κ3) is 3.85. The second kappa shape index (κ2) is 5.69. The van der Waals surface area contributed by atoms with E-state index in [0.29, 0.717) is 6.04 Å². The molecule has 0 saturated heterocycles. The maximum atomic E-state index is 3.17. The van der Waals surface area contributed by atoms with Crippen LogP contribution in [0.4, 0.5) is 0 Å². The fourth-order valence-electron chi connectivity index (χ4n) is 1.02. The van der Waals surface area contributed by atoms with Crippen LogP contribution in [0.5, 0.6) is 0 Å². The van der Waals surface area contributed by atoms with Crippen LogP contribution in [0.2, 0.25) is 0 Å². The van der Waals surface area contributed by atoms with Gasteiger partial charge in [-0.1, -0.05) is 6.92 Å². The molecule has 62 valence electrons. The van der Waals surface area contributed by atoms with Gasteiger partial charge in [0.05, 0.1) is 0 Å². The average Bonchev–Trinajstić information content (AvgIpc) is 1.89. The van der Waals surface area contributed by atoms with Crippen LogP contribution in [0.25, 0.3) is 0 Å². The summed E-state index contributed by atoms with van der Waals surface area (Å²) < 4.78 is 0. The number of likely N-dealkylation sites (N-methyl/N-ethyl adjacent to an activating group) is 2. The highest BCUT2D eigenvalue weighted by atomic mass is 15.1. The zero-order valence-electron chi connectivity index (χ0n) is 7.65. The Kier molecular flexibility index (Phi) is 5.64. The molecule has 0 aromatic heterocycles. The van der Waals surface area contributed by atoms with Gasteiger partial charge in [0.15, 0.2) is 0 Å². The first-order chi connectivity index (χ1) is 4.72. The van der Waals surface area contributed by atoms with E-state index in [1.807, 2.05) is 7.05 Å². The van der Waals surface area contributed by atoms with Crippen LogP contribution in [-0.2, 0) is 0 Å². The molecule has 0 rings (SSSR count). The van der Waals surface area contributed by atoms with Gasteiger partial charge in [-0.15, -0.1) is 0 Å². The summed E-state index contributed by atoms with van der Waals surface area (Å²) in [5, 5.41) is 3.17. The van der Waals surface area contributed by atoms with Gasteiger partial charge in [0.25, 0.3) is 0 Å². The standard InChI is InChI=1S/C8H20N2/c1-5-6-10(4)8(2)7-9-3/h8-9H,5-7H2,1-4H3. The Balaban J connectivity index is 3.38. The lowest BCUT2D eigenvalue weighted by Gasteiger charge is -2.23. The molecule has 0 aliphatic carbocycles. The predicted molar refractivity (Wildman–Crippen MR) is 46.3 cm³/mol. The summed E-state index contributed by atoms with van der Waals surface area (Å²) in [7, 11) is 4.17. The van der Waals surface area contributed by atoms with Crippen molar-refractivity contribution in [2.75, 3.05) is 27.2 Å². The highest BCUT2D eigenvalue weighted by Crippen LogP contribution is 1.94. The van der Waals surface area contributed by atoms with Crippen molar-refractivity contribution in [1.29, 1.82) is 0 Å². The summed E-state index contributed by atoms with van der Waals surface area (Å²) >= 11 is 0. The van der Waals surface area contributed by atoms with Crippen LogP contribution < -0.4 is 5.32 Å².